The van der Waals surface area contributed by atoms with Gasteiger partial charge < -0.3 is 14.7 Å². The van der Waals surface area contributed by atoms with E-state index in [0.29, 0.717) is 6.61 Å². The Balaban J connectivity index is 2.30. The molecular weight excluding hydrogens is 246 g/mol. The Morgan fingerprint density at radius 1 is 1.47 bits per heavy atom. The first-order valence-corrected chi connectivity index (χ1v) is 6.50. The molecule has 1 aromatic rings. The first-order chi connectivity index (χ1) is 9.15. The Morgan fingerprint density at radius 3 is 2.84 bits per heavy atom. The maximum Gasteiger partial charge on any atom is 0.311 e. The summed E-state index contributed by atoms with van der Waals surface area (Å²) in [6, 6.07) is -0.173. The topological polar surface area (TPSA) is 75.5 Å². The molecule has 1 fully saturated rings. The summed E-state index contributed by atoms with van der Waals surface area (Å²) in [5.41, 5.74) is 0.812. The fraction of sp³-hybridized carbons (Fsp3) is 0.615. The molecule has 1 saturated heterocycles. The third kappa shape index (κ3) is 2.84. The first kappa shape index (κ1) is 13.7. The summed E-state index contributed by atoms with van der Waals surface area (Å²) >= 11 is 0. The normalized spacial score (nSPS) is 22.4. The zero-order chi connectivity index (χ0) is 13.8. The van der Waals surface area contributed by atoms with Crippen molar-refractivity contribution in [3.63, 3.8) is 0 Å². The molecular formula is C13H19N3O3. The van der Waals surface area contributed by atoms with E-state index in [1.807, 2.05) is 11.8 Å². The lowest BCUT2D eigenvalue weighted by Gasteiger charge is -2.31. The molecule has 0 aliphatic carbocycles. The van der Waals surface area contributed by atoms with Gasteiger partial charge in [-0.3, -0.25) is 9.78 Å². The van der Waals surface area contributed by atoms with Crippen LogP contribution in [0.25, 0.3) is 0 Å². The van der Waals surface area contributed by atoms with E-state index in [9.17, 15) is 9.90 Å². The molecule has 2 rings (SSSR count). The van der Waals surface area contributed by atoms with Crippen LogP contribution in [0.5, 0.6) is 0 Å². The van der Waals surface area contributed by atoms with Gasteiger partial charge in [0.05, 0.1) is 24.9 Å². The molecule has 2 unspecified atom stereocenters. The van der Waals surface area contributed by atoms with Crippen LogP contribution >= 0.6 is 0 Å². The Labute approximate surface area is 112 Å². The van der Waals surface area contributed by atoms with Gasteiger partial charge >= 0.3 is 5.97 Å². The second-order valence-electron chi connectivity index (χ2n) is 4.71. The van der Waals surface area contributed by atoms with Crippen molar-refractivity contribution < 1.29 is 14.6 Å². The standard InChI is InChI=1S/C13H19N3O3/c1-3-6-16(12-9(2)14-4-5-15-12)11-8-19-7-10(11)13(17)18/h4-5,10-11H,3,6-8H2,1-2H3,(H,17,18). The number of carboxylic acids is 1. The van der Waals surface area contributed by atoms with Crippen LogP contribution in [-0.4, -0.2) is 46.8 Å². The van der Waals surface area contributed by atoms with Gasteiger partial charge in [-0.1, -0.05) is 6.92 Å². The minimum Gasteiger partial charge on any atom is -0.481 e. The number of anilines is 1. The fourth-order valence-corrected chi connectivity index (χ4v) is 2.44. The number of ether oxygens (including phenoxy) is 1. The molecule has 1 aliphatic rings. The van der Waals surface area contributed by atoms with E-state index < -0.39 is 11.9 Å². The zero-order valence-electron chi connectivity index (χ0n) is 11.2. The molecule has 0 amide bonds. The van der Waals surface area contributed by atoms with Gasteiger partial charge in [0.15, 0.2) is 0 Å². The SMILES string of the molecule is CCCN(c1nccnc1C)C1COCC1C(=O)O. The molecule has 0 saturated carbocycles. The maximum atomic E-state index is 11.3. The molecule has 2 atom stereocenters. The van der Waals surface area contributed by atoms with Crippen molar-refractivity contribution in [3.8, 4) is 0 Å². The third-order valence-electron chi connectivity index (χ3n) is 3.36. The van der Waals surface area contributed by atoms with Crippen LogP contribution in [0.1, 0.15) is 19.0 Å². The second-order valence-corrected chi connectivity index (χ2v) is 4.71. The highest BCUT2D eigenvalue weighted by Crippen LogP contribution is 2.26. The summed E-state index contributed by atoms with van der Waals surface area (Å²) in [6.45, 7) is 5.38. The predicted octanol–water partition coefficient (Wildman–Crippen LogP) is 1.10. The smallest absolute Gasteiger partial charge is 0.311 e. The minimum atomic E-state index is -0.815. The van der Waals surface area contributed by atoms with E-state index in [1.165, 1.54) is 0 Å². The van der Waals surface area contributed by atoms with Crippen molar-refractivity contribution >= 4 is 11.8 Å². The summed E-state index contributed by atoms with van der Waals surface area (Å²) in [5, 5.41) is 9.27. The average molecular weight is 265 g/mol. The van der Waals surface area contributed by atoms with Crippen LogP contribution in [0, 0.1) is 12.8 Å². The highest BCUT2D eigenvalue weighted by Gasteiger charge is 2.38. The largest absolute Gasteiger partial charge is 0.481 e. The highest BCUT2D eigenvalue weighted by atomic mass is 16.5. The molecule has 1 N–H and O–H groups in total. The Bertz CT molecular complexity index is 453. The molecule has 19 heavy (non-hydrogen) atoms. The van der Waals surface area contributed by atoms with Gasteiger partial charge in [-0.15, -0.1) is 0 Å². The van der Waals surface area contributed by atoms with Gasteiger partial charge in [-0.25, -0.2) is 4.98 Å². The Hall–Kier alpha value is -1.69. The predicted molar refractivity (Wildman–Crippen MR) is 70.1 cm³/mol. The van der Waals surface area contributed by atoms with E-state index in [-0.39, 0.29) is 12.6 Å². The van der Waals surface area contributed by atoms with Crippen molar-refractivity contribution in [2.75, 3.05) is 24.7 Å². The maximum absolute atomic E-state index is 11.3. The van der Waals surface area contributed by atoms with Crippen molar-refractivity contribution in [2.45, 2.75) is 26.3 Å². The van der Waals surface area contributed by atoms with Crippen LogP contribution < -0.4 is 4.90 Å². The van der Waals surface area contributed by atoms with Crippen LogP contribution in [0.15, 0.2) is 12.4 Å². The Morgan fingerprint density at radius 2 is 2.21 bits per heavy atom. The van der Waals surface area contributed by atoms with Crippen LogP contribution in [0.4, 0.5) is 5.82 Å². The fourth-order valence-electron chi connectivity index (χ4n) is 2.44. The summed E-state index contributed by atoms with van der Waals surface area (Å²) in [7, 11) is 0. The quantitative estimate of drug-likeness (QED) is 0.859. The summed E-state index contributed by atoms with van der Waals surface area (Å²) < 4.78 is 5.35. The monoisotopic (exact) mass is 265 g/mol. The molecule has 6 heteroatoms. The van der Waals surface area contributed by atoms with E-state index >= 15 is 0 Å². The Kier molecular flexibility index (Phi) is 4.31. The number of rotatable bonds is 5. The summed E-state index contributed by atoms with van der Waals surface area (Å²) in [5.74, 6) is -0.566. The van der Waals surface area contributed by atoms with Crippen LogP contribution in [-0.2, 0) is 9.53 Å². The van der Waals surface area contributed by atoms with Crippen LogP contribution in [0.3, 0.4) is 0 Å². The highest BCUT2D eigenvalue weighted by molar-refractivity contribution is 5.72. The molecule has 104 valence electrons. The number of nitrogens with zero attached hydrogens (tertiary/aromatic N) is 3. The first-order valence-electron chi connectivity index (χ1n) is 6.50. The lowest BCUT2D eigenvalue weighted by atomic mass is 10.0. The number of aliphatic carboxylic acids is 1. The summed E-state index contributed by atoms with van der Waals surface area (Å²) in [6.07, 6.45) is 4.19. The number of aryl methyl sites for hydroxylation is 1. The molecule has 0 bridgehead atoms. The van der Waals surface area contributed by atoms with Crippen LogP contribution in [0.2, 0.25) is 0 Å². The second kappa shape index (κ2) is 5.97. The van der Waals surface area contributed by atoms with E-state index in [0.717, 1.165) is 24.5 Å². The molecule has 0 aromatic carbocycles. The molecule has 1 aromatic heterocycles. The lowest BCUT2D eigenvalue weighted by Crippen LogP contribution is -2.44. The van der Waals surface area contributed by atoms with Gasteiger partial charge in [0.2, 0.25) is 0 Å². The van der Waals surface area contributed by atoms with E-state index in [2.05, 4.69) is 16.9 Å². The number of carboxylic acid groups (broad SMARTS) is 1. The van der Waals surface area contributed by atoms with Crippen molar-refractivity contribution in [1.82, 2.24) is 9.97 Å². The molecule has 1 aliphatic heterocycles. The van der Waals surface area contributed by atoms with Gasteiger partial charge in [0.25, 0.3) is 0 Å². The third-order valence-corrected chi connectivity index (χ3v) is 3.36. The lowest BCUT2D eigenvalue weighted by molar-refractivity contribution is -0.142. The van der Waals surface area contributed by atoms with Gasteiger partial charge in [-0.2, -0.15) is 0 Å². The summed E-state index contributed by atoms with van der Waals surface area (Å²) in [4.78, 5) is 21.9. The molecule has 0 radical (unpaired) electrons. The minimum absolute atomic E-state index is 0.173. The number of hydrogen-bond donors (Lipinski definition) is 1. The van der Waals surface area contributed by atoms with Gasteiger partial charge in [0.1, 0.15) is 11.7 Å². The molecule has 0 spiro atoms. The number of carbonyl (C=O) groups is 1. The van der Waals surface area contributed by atoms with E-state index in [4.69, 9.17) is 4.74 Å². The van der Waals surface area contributed by atoms with Crippen molar-refractivity contribution in [3.05, 3.63) is 18.1 Å². The van der Waals surface area contributed by atoms with Crippen molar-refractivity contribution in [2.24, 2.45) is 5.92 Å². The molecule has 6 nitrogen and oxygen atoms in total. The van der Waals surface area contributed by atoms with Crippen molar-refractivity contribution in [1.29, 1.82) is 0 Å². The average Bonchev–Trinajstić information content (AvgIpc) is 2.86. The van der Waals surface area contributed by atoms with Gasteiger partial charge in [0, 0.05) is 18.9 Å². The zero-order valence-corrected chi connectivity index (χ0v) is 11.2. The number of hydrogen-bond acceptors (Lipinski definition) is 5. The number of aromatic nitrogens is 2. The van der Waals surface area contributed by atoms with E-state index in [1.54, 1.807) is 12.4 Å². The van der Waals surface area contributed by atoms with Gasteiger partial charge in [-0.05, 0) is 13.3 Å². The molecule has 2 heterocycles.